The molecule has 0 aliphatic carbocycles. The molecule has 1 saturated heterocycles. The molecule has 0 saturated carbocycles. The van der Waals surface area contributed by atoms with Crippen molar-refractivity contribution in [2.24, 2.45) is 0 Å². The lowest BCUT2D eigenvalue weighted by molar-refractivity contribution is -0.121. The van der Waals surface area contributed by atoms with E-state index in [1.165, 1.54) is 4.88 Å². The van der Waals surface area contributed by atoms with E-state index < -0.39 is 0 Å². The fraction of sp³-hybridized carbons (Fsp3) is 0.526. The number of piperidine rings is 1. The maximum Gasteiger partial charge on any atom is 0.261 e. The van der Waals surface area contributed by atoms with Crippen LogP contribution in [0.25, 0.3) is 11.3 Å². The molecule has 2 aliphatic rings. The van der Waals surface area contributed by atoms with Crippen molar-refractivity contribution in [2.75, 3.05) is 13.6 Å². The topological polar surface area (TPSA) is 88.1 Å². The van der Waals surface area contributed by atoms with Crippen molar-refractivity contribution in [3.05, 3.63) is 27.0 Å². The second-order valence-corrected chi connectivity index (χ2v) is 8.89. The summed E-state index contributed by atoms with van der Waals surface area (Å²) in [7, 11) is 1.65. The number of hydrogen-bond acceptors (Lipinski definition) is 5. The van der Waals surface area contributed by atoms with E-state index in [1.807, 2.05) is 10.7 Å². The molecule has 1 fully saturated rings. The number of carbonyl (C=O) groups is 2. The van der Waals surface area contributed by atoms with Gasteiger partial charge in [0.15, 0.2) is 0 Å². The summed E-state index contributed by atoms with van der Waals surface area (Å²) in [4.78, 5) is 26.2. The molecule has 0 radical (unpaired) electrons. The average molecular weight is 422 g/mol. The van der Waals surface area contributed by atoms with E-state index in [0.29, 0.717) is 22.9 Å². The Labute approximate surface area is 172 Å². The second-order valence-electron chi connectivity index (χ2n) is 7.35. The van der Waals surface area contributed by atoms with E-state index in [2.05, 4.69) is 21.0 Å². The molecular weight excluding hydrogens is 398 g/mol. The summed E-state index contributed by atoms with van der Waals surface area (Å²) in [5.74, 6) is -0.00483. The maximum atomic E-state index is 12.8. The van der Waals surface area contributed by atoms with Crippen LogP contribution in [0.3, 0.4) is 0 Å². The van der Waals surface area contributed by atoms with Gasteiger partial charge >= 0.3 is 0 Å². The van der Waals surface area contributed by atoms with Crippen molar-refractivity contribution in [3.8, 4) is 11.3 Å². The normalized spacial score (nSPS) is 21.4. The number of fused-ring (bicyclic) bond motifs is 3. The number of nitrogens with zero attached hydrogens (tertiary/aromatic N) is 2. The van der Waals surface area contributed by atoms with Gasteiger partial charge in [0.05, 0.1) is 21.8 Å². The lowest BCUT2D eigenvalue weighted by atomic mass is 9.98. The molecule has 2 aromatic heterocycles. The number of amides is 2. The molecule has 4 heterocycles. The lowest BCUT2D eigenvalue weighted by Crippen LogP contribution is -2.50. The highest BCUT2D eigenvalue weighted by molar-refractivity contribution is 7.14. The Morgan fingerprint density at radius 3 is 3.04 bits per heavy atom. The fourth-order valence-electron chi connectivity index (χ4n) is 3.91. The van der Waals surface area contributed by atoms with Crippen molar-refractivity contribution in [2.45, 2.75) is 50.7 Å². The zero-order valence-electron chi connectivity index (χ0n) is 15.8. The van der Waals surface area contributed by atoms with E-state index in [4.69, 9.17) is 11.6 Å². The Morgan fingerprint density at radius 2 is 2.29 bits per heavy atom. The first-order valence-corrected chi connectivity index (χ1v) is 10.8. The molecule has 28 heavy (non-hydrogen) atoms. The summed E-state index contributed by atoms with van der Waals surface area (Å²) in [6.07, 6.45) is 5.80. The monoisotopic (exact) mass is 421 g/mol. The highest BCUT2D eigenvalue weighted by Gasteiger charge is 2.26. The lowest BCUT2D eigenvalue weighted by Gasteiger charge is -2.30. The zero-order chi connectivity index (χ0) is 19.7. The van der Waals surface area contributed by atoms with Gasteiger partial charge in [-0.2, -0.15) is 5.10 Å². The van der Waals surface area contributed by atoms with Gasteiger partial charge in [-0.1, -0.05) is 11.6 Å². The van der Waals surface area contributed by atoms with Gasteiger partial charge < -0.3 is 16.0 Å². The first-order valence-electron chi connectivity index (χ1n) is 9.64. The SMILES string of the molecule is CNC(=O)CC1CCC(NC(=O)c2cc3c(s2)CCCn2ncc(Cl)c2-3)CN1. The first-order chi connectivity index (χ1) is 13.5. The van der Waals surface area contributed by atoms with Gasteiger partial charge in [-0.25, -0.2) is 0 Å². The van der Waals surface area contributed by atoms with Crippen molar-refractivity contribution in [1.29, 1.82) is 0 Å². The molecule has 9 heteroatoms. The van der Waals surface area contributed by atoms with Crippen LogP contribution < -0.4 is 16.0 Å². The molecule has 7 nitrogen and oxygen atoms in total. The third-order valence-electron chi connectivity index (χ3n) is 5.42. The van der Waals surface area contributed by atoms with Gasteiger partial charge in [-0.05, 0) is 31.7 Å². The largest absolute Gasteiger partial charge is 0.359 e. The average Bonchev–Trinajstić information content (AvgIpc) is 3.22. The minimum atomic E-state index is -0.0446. The zero-order valence-corrected chi connectivity index (χ0v) is 17.3. The quantitative estimate of drug-likeness (QED) is 0.706. The van der Waals surface area contributed by atoms with Crippen LogP contribution in [-0.4, -0.2) is 47.3 Å². The number of aryl methyl sites for hydroxylation is 2. The van der Waals surface area contributed by atoms with Crippen LogP contribution in [0.15, 0.2) is 12.3 Å². The molecule has 3 N–H and O–H groups in total. The molecule has 150 valence electrons. The number of aromatic nitrogens is 2. The van der Waals surface area contributed by atoms with Crippen LogP contribution in [0.5, 0.6) is 0 Å². The number of hydrogen-bond donors (Lipinski definition) is 3. The van der Waals surface area contributed by atoms with Crippen molar-refractivity contribution in [1.82, 2.24) is 25.7 Å². The van der Waals surface area contributed by atoms with Crippen LogP contribution in [-0.2, 0) is 17.8 Å². The Balaban J connectivity index is 1.41. The van der Waals surface area contributed by atoms with E-state index in [1.54, 1.807) is 24.6 Å². The number of nitrogens with one attached hydrogen (secondary N) is 3. The molecule has 0 aromatic carbocycles. The van der Waals surface area contributed by atoms with Gasteiger partial charge in [0.2, 0.25) is 5.91 Å². The highest BCUT2D eigenvalue weighted by Crippen LogP contribution is 2.38. The third-order valence-corrected chi connectivity index (χ3v) is 6.89. The summed E-state index contributed by atoms with van der Waals surface area (Å²) in [6.45, 7) is 1.52. The molecule has 2 atom stereocenters. The summed E-state index contributed by atoms with van der Waals surface area (Å²) in [6, 6.07) is 2.20. The minimum absolute atomic E-state index is 0.0398. The molecule has 2 aliphatic heterocycles. The van der Waals surface area contributed by atoms with Crippen molar-refractivity contribution < 1.29 is 9.59 Å². The van der Waals surface area contributed by atoms with Gasteiger partial charge in [0.1, 0.15) is 0 Å². The van der Waals surface area contributed by atoms with Crippen LogP contribution in [0.4, 0.5) is 0 Å². The Kier molecular flexibility index (Phi) is 5.70. The standard InChI is InChI=1S/C19H24ClN5O2S/c1-21-17(26)7-11-4-5-12(9-22-11)24-19(27)16-8-13-15(28-16)3-2-6-25-18(13)14(20)10-23-25/h8,10-12,22H,2-7,9H2,1H3,(H,21,26)(H,24,27). The van der Waals surface area contributed by atoms with Crippen LogP contribution in [0, 0.1) is 0 Å². The third kappa shape index (κ3) is 3.94. The van der Waals surface area contributed by atoms with Crippen molar-refractivity contribution in [3.63, 3.8) is 0 Å². The Hall–Kier alpha value is -1.90. The van der Waals surface area contributed by atoms with E-state index in [9.17, 15) is 9.59 Å². The molecule has 2 aromatic rings. The van der Waals surface area contributed by atoms with Gasteiger partial charge in [-0.15, -0.1) is 11.3 Å². The number of thiophene rings is 1. The van der Waals surface area contributed by atoms with E-state index in [0.717, 1.165) is 43.5 Å². The van der Waals surface area contributed by atoms with Gasteiger partial charge in [0, 0.05) is 49.1 Å². The summed E-state index contributed by atoms with van der Waals surface area (Å²) in [5, 5.41) is 14.1. The Bertz CT molecular complexity index is 885. The van der Waals surface area contributed by atoms with Gasteiger partial charge in [0.25, 0.3) is 5.91 Å². The van der Waals surface area contributed by atoms with Crippen LogP contribution in [0.1, 0.15) is 40.2 Å². The van der Waals surface area contributed by atoms with Crippen molar-refractivity contribution >= 4 is 34.8 Å². The van der Waals surface area contributed by atoms with E-state index >= 15 is 0 Å². The molecule has 2 amide bonds. The minimum Gasteiger partial charge on any atom is -0.359 e. The number of rotatable bonds is 4. The Morgan fingerprint density at radius 1 is 1.43 bits per heavy atom. The summed E-state index contributed by atoms with van der Waals surface area (Å²) in [5.41, 5.74) is 1.95. The van der Waals surface area contributed by atoms with Crippen LogP contribution in [0.2, 0.25) is 5.02 Å². The maximum absolute atomic E-state index is 12.8. The van der Waals surface area contributed by atoms with Crippen LogP contribution >= 0.6 is 22.9 Å². The molecule has 0 bridgehead atoms. The molecule has 0 spiro atoms. The molecule has 2 unspecified atom stereocenters. The summed E-state index contributed by atoms with van der Waals surface area (Å²) >= 11 is 7.89. The van der Waals surface area contributed by atoms with E-state index in [-0.39, 0.29) is 23.9 Å². The summed E-state index contributed by atoms with van der Waals surface area (Å²) < 4.78 is 1.93. The highest BCUT2D eigenvalue weighted by atomic mass is 35.5. The number of carbonyl (C=O) groups excluding carboxylic acids is 2. The number of halogens is 1. The fourth-order valence-corrected chi connectivity index (χ4v) is 5.26. The predicted molar refractivity (Wildman–Crippen MR) is 110 cm³/mol. The molecular formula is C19H24ClN5O2S. The smallest absolute Gasteiger partial charge is 0.261 e. The first kappa shape index (κ1) is 19.4. The predicted octanol–water partition coefficient (Wildman–Crippen LogP) is 2.20. The van der Waals surface area contributed by atoms with Gasteiger partial charge in [-0.3, -0.25) is 14.3 Å². The molecule has 4 rings (SSSR count). The second kappa shape index (κ2) is 8.23.